The fraction of sp³-hybridized carbons (Fsp3) is 0.333. The van der Waals surface area contributed by atoms with Crippen molar-refractivity contribution >= 4 is 13.6 Å². The van der Waals surface area contributed by atoms with Crippen molar-refractivity contribution < 1.29 is 25.8 Å². The van der Waals surface area contributed by atoms with Crippen LogP contribution in [0.5, 0.6) is 11.5 Å². The fourth-order valence-corrected chi connectivity index (χ4v) is 0.835. The molecule has 0 aromatic heterocycles. The number of rotatable bonds is 3. The molecule has 0 saturated carbocycles. The Morgan fingerprint density at radius 3 is 2.69 bits per heavy atom. The maximum atomic E-state index is 5.28. The summed E-state index contributed by atoms with van der Waals surface area (Å²) in [6.45, 7) is 2.59. The van der Waals surface area contributed by atoms with Gasteiger partial charge in [-0.15, -0.1) is 12.1 Å². The Morgan fingerprint density at radius 1 is 1.46 bits per heavy atom. The van der Waals surface area contributed by atoms with Crippen LogP contribution in [0.15, 0.2) is 18.2 Å². The van der Waals surface area contributed by atoms with Crippen LogP contribution in [0.2, 0.25) is 0 Å². The molecule has 1 aromatic carbocycles. The Bertz CT molecular complexity index is 231. The summed E-state index contributed by atoms with van der Waals surface area (Å²) >= 11 is 4.25. The van der Waals surface area contributed by atoms with Crippen molar-refractivity contribution in [2.24, 2.45) is 0 Å². The monoisotopic (exact) mass is 294 g/mol. The van der Waals surface area contributed by atoms with Crippen molar-refractivity contribution in [3.05, 3.63) is 24.3 Å². The number of benzene rings is 1. The van der Waals surface area contributed by atoms with Gasteiger partial charge in [0.1, 0.15) is 0 Å². The number of ether oxygens (including phenoxy) is 2. The number of hydrogen-bond donors (Lipinski definition) is 0. The quantitative estimate of drug-likeness (QED) is 0.631. The average Bonchev–Trinajstić information content (AvgIpc) is 2.22. The van der Waals surface area contributed by atoms with Gasteiger partial charge in [-0.3, -0.25) is 0 Å². The number of methoxy groups -OCH3 is 1. The summed E-state index contributed by atoms with van der Waals surface area (Å²) in [6.07, 6.45) is 0. The second-order valence-electron chi connectivity index (χ2n) is 2.01. The van der Waals surface area contributed by atoms with Crippen LogP contribution in [0.1, 0.15) is 6.92 Å². The molecule has 68 valence electrons. The van der Waals surface area contributed by atoms with E-state index in [4.69, 9.17) is 9.47 Å². The van der Waals surface area contributed by atoms with Crippen LogP contribution in [0, 0.1) is 6.07 Å². The van der Waals surface area contributed by atoms with Gasteiger partial charge in [0.25, 0.3) is 0 Å². The van der Waals surface area contributed by atoms with Crippen LogP contribution in [-0.2, 0) is 16.3 Å². The summed E-state index contributed by atoms with van der Waals surface area (Å²) in [6, 6.07) is 8.30. The number of halogens is 1. The van der Waals surface area contributed by atoms with E-state index < -0.39 is 0 Å². The van der Waals surface area contributed by atoms with Gasteiger partial charge in [0.05, 0.1) is 19.5 Å². The van der Waals surface area contributed by atoms with Gasteiger partial charge in [-0.1, -0.05) is 0 Å². The zero-order chi connectivity index (χ0) is 10.1. The molecule has 0 fully saturated rings. The van der Waals surface area contributed by atoms with E-state index in [-0.39, 0.29) is 0 Å². The Hall–Kier alpha value is -0.0766. The summed E-state index contributed by atoms with van der Waals surface area (Å²) in [5.41, 5.74) is 0. The average molecular weight is 296 g/mol. The minimum absolute atomic E-state index is 0.653. The van der Waals surface area contributed by atoms with Crippen LogP contribution < -0.4 is 9.47 Å². The molecular formula is C9H11BrO2Zn. The minimum atomic E-state index is 0.653. The molecule has 0 amide bonds. The summed E-state index contributed by atoms with van der Waals surface area (Å²) in [4.78, 5) is 0. The Balaban J connectivity index is 0.000000671. The van der Waals surface area contributed by atoms with Crippen molar-refractivity contribution in [2.75, 3.05) is 13.7 Å². The normalized spacial score (nSPS) is 8.38. The molecule has 1 rings (SSSR count). The molecule has 0 bridgehead atoms. The Labute approximate surface area is 95.7 Å². The molecule has 0 unspecified atom stereocenters. The molecule has 4 heteroatoms. The van der Waals surface area contributed by atoms with E-state index in [1.54, 1.807) is 19.2 Å². The summed E-state index contributed by atoms with van der Waals surface area (Å²) in [5.74, 6) is 1.50. The SMILES string of the molecule is CCOc1cc[c-]cc1OC.[Zn+][Br]. The second kappa shape index (κ2) is 8.52. The molecule has 2 nitrogen and oxygen atoms in total. The molecule has 13 heavy (non-hydrogen) atoms. The van der Waals surface area contributed by atoms with Crippen LogP contribution in [-0.4, -0.2) is 13.7 Å². The van der Waals surface area contributed by atoms with Crippen molar-refractivity contribution in [1.82, 2.24) is 0 Å². The van der Waals surface area contributed by atoms with Gasteiger partial charge in [0.2, 0.25) is 0 Å². The van der Waals surface area contributed by atoms with E-state index in [1.165, 1.54) is 16.3 Å². The molecule has 0 N–H and O–H groups in total. The fourth-order valence-electron chi connectivity index (χ4n) is 0.835. The van der Waals surface area contributed by atoms with Gasteiger partial charge in [-0.05, 0) is 6.92 Å². The molecule has 0 saturated heterocycles. The summed E-state index contributed by atoms with van der Waals surface area (Å²) < 4.78 is 10.3. The van der Waals surface area contributed by atoms with Crippen LogP contribution in [0.25, 0.3) is 0 Å². The predicted octanol–water partition coefficient (Wildman–Crippen LogP) is 2.74. The second-order valence-corrected chi connectivity index (χ2v) is 2.01. The Morgan fingerprint density at radius 2 is 2.15 bits per heavy atom. The molecule has 0 atom stereocenters. The van der Waals surface area contributed by atoms with Gasteiger partial charge < -0.3 is 9.47 Å². The third-order valence-corrected chi connectivity index (χ3v) is 1.31. The topological polar surface area (TPSA) is 18.5 Å². The molecule has 0 spiro atoms. The summed E-state index contributed by atoms with van der Waals surface area (Å²) in [7, 11) is 1.62. The van der Waals surface area contributed by atoms with Gasteiger partial charge in [-0.25, -0.2) is 0 Å². The molecular weight excluding hydrogens is 285 g/mol. The van der Waals surface area contributed by atoms with Crippen molar-refractivity contribution in [1.29, 1.82) is 0 Å². The molecule has 0 aliphatic heterocycles. The Kier molecular flexibility index (Phi) is 8.47. The first-order valence-electron chi connectivity index (χ1n) is 3.82. The molecule has 0 radical (unpaired) electrons. The zero-order valence-electron chi connectivity index (χ0n) is 7.84. The van der Waals surface area contributed by atoms with Crippen molar-refractivity contribution in [3.63, 3.8) is 0 Å². The molecule has 0 heterocycles. The third kappa shape index (κ3) is 4.63. The zero-order valence-corrected chi connectivity index (χ0v) is 12.4. The number of hydrogen-bond acceptors (Lipinski definition) is 2. The first-order valence-corrected chi connectivity index (χ1v) is 10.8. The van der Waals surface area contributed by atoms with Crippen molar-refractivity contribution in [3.8, 4) is 11.5 Å². The van der Waals surface area contributed by atoms with Gasteiger partial charge in [-0.2, -0.15) is 12.1 Å². The van der Waals surface area contributed by atoms with E-state index in [2.05, 4.69) is 19.7 Å². The van der Waals surface area contributed by atoms with Crippen LogP contribution >= 0.6 is 13.6 Å². The van der Waals surface area contributed by atoms with E-state index >= 15 is 0 Å². The van der Waals surface area contributed by atoms with E-state index in [1.807, 2.05) is 13.0 Å². The van der Waals surface area contributed by atoms with Crippen molar-refractivity contribution in [2.45, 2.75) is 6.92 Å². The summed E-state index contributed by atoms with van der Waals surface area (Å²) in [5, 5.41) is 0. The molecule has 0 aliphatic carbocycles. The first kappa shape index (κ1) is 12.9. The van der Waals surface area contributed by atoms with Gasteiger partial charge in [0.15, 0.2) is 0 Å². The van der Waals surface area contributed by atoms with E-state index in [0.29, 0.717) is 6.61 Å². The van der Waals surface area contributed by atoms with Crippen LogP contribution in [0.4, 0.5) is 0 Å². The first-order chi connectivity index (χ1) is 6.38. The van der Waals surface area contributed by atoms with Gasteiger partial charge in [0, 0.05) is 5.75 Å². The van der Waals surface area contributed by atoms with E-state index in [0.717, 1.165) is 11.5 Å². The van der Waals surface area contributed by atoms with Gasteiger partial charge >= 0.3 is 30.0 Å². The van der Waals surface area contributed by atoms with E-state index in [9.17, 15) is 0 Å². The third-order valence-electron chi connectivity index (χ3n) is 1.31. The predicted molar refractivity (Wildman–Crippen MR) is 51.9 cm³/mol. The standard InChI is InChI=1S/C9H11O2.BrH.Zn/c1-3-11-9-7-5-4-6-8(9)10-2;;/h5-7H,3H2,1-2H3;1H;/q-1;;+2/p-1. The molecule has 0 aliphatic rings. The van der Waals surface area contributed by atoms with Crippen LogP contribution in [0.3, 0.4) is 0 Å². The molecule has 1 aromatic rings. The maximum absolute atomic E-state index is 5.28.